The summed E-state index contributed by atoms with van der Waals surface area (Å²) in [5, 5.41) is 8.73. The van der Waals surface area contributed by atoms with E-state index in [1.807, 2.05) is 29.5 Å². The average Bonchev–Trinajstić information content (AvgIpc) is 1.35. The van der Waals surface area contributed by atoms with Crippen molar-refractivity contribution in [3.63, 3.8) is 0 Å². The van der Waals surface area contributed by atoms with Gasteiger partial charge in [-0.15, -0.1) is 0 Å². The second kappa shape index (κ2) is 2.47. The normalized spacial score (nSPS) is 20.0. The number of halogens is 2. The molecule has 0 aromatic rings. The Hall–Kier alpha value is 1.17. The van der Waals surface area contributed by atoms with Crippen LogP contribution in [0.5, 0.6) is 0 Å². The summed E-state index contributed by atoms with van der Waals surface area (Å²) in [6.45, 7) is 1.90. The Bertz CT molecular complexity index is 40.5. The molecule has 0 aliphatic rings. The van der Waals surface area contributed by atoms with Crippen molar-refractivity contribution in [3.05, 3.63) is 0 Å². The Balaban J connectivity index is 3.17. The molecule has 0 heterocycles. The molecule has 0 saturated heterocycles. The molecular weight excluding hydrogens is 259 g/mol. The van der Waals surface area contributed by atoms with Gasteiger partial charge in [-0.2, -0.15) is 0 Å². The smallest absolute Gasteiger partial charge is 0.170 e. The van der Waals surface area contributed by atoms with Crippen molar-refractivity contribution in [1.29, 1.82) is 0 Å². The lowest BCUT2D eigenvalue weighted by atomic mass is 10.5. The van der Waals surface area contributed by atoms with Crippen molar-refractivity contribution in [3.8, 4) is 0 Å². The van der Waals surface area contributed by atoms with Gasteiger partial charge in [0.2, 0.25) is 0 Å². The van der Waals surface area contributed by atoms with Crippen LogP contribution in [0.1, 0.15) is 13.3 Å². The predicted molar refractivity (Wildman–Crippen MR) is 38.2 cm³/mol. The number of hydrogen-bond donors (Lipinski definition) is 1. The van der Waals surface area contributed by atoms with Crippen molar-refractivity contribution < 1.29 is 5.11 Å². The van der Waals surface area contributed by atoms with Crippen LogP contribution in [0.4, 0.5) is 0 Å². The number of hydrogen-bond acceptors (Lipinski definition) is 1. The van der Waals surface area contributed by atoms with Gasteiger partial charge in [0.1, 0.15) is 0 Å². The Morgan fingerprint density at radius 1 is 2.00 bits per heavy atom. The molecule has 1 unspecified atom stereocenters. The first-order valence-electron chi connectivity index (χ1n) is 1.66. The molecule has 0 saturated carbocycles. The van der Waals surface area contributed by atoms with Gasteiger partial charge in [0, 0.05) is 0 Å². The number of alkyl halides is 2. The topological polar surface area (TPSA) is 20.2 Å². The molecule has 0 spiro atoms. The van der Waals surface area contributed by atoms with E-state index in [1.54, 1.807) is 0 Å². The maximum Gasteiger partial charge on any atom is 0.170 e. The molecule has 0 amide bonds. The summed E-state index contributed by atoms with van der Waals surface area (Å²) < 4.78 is -0.676. The molecule has 1 N–H and O–H groups in total. The van der Waals surface area contributed by atoms with Crippen molar-refractivity contribution in [1.82, 2.24) is 0 Å². The molecule has 0 radical (unpaired) electrons. The van der Waals surface area contributed by atoms with Crippen LogP contribution < -0.4 is 0 Å². The van der Waals surface area contributed by atoms with Crippen molar-refractivity contribution >= 4 is 38.5 Å². The molecule has 0 aliphatic carbocycles. The van der Waals surface area contributed by atoms with Gasteiger partial charge < -0.3 is 5.11 Å². The van der Waals surface area contributed by atoms with Crippen LogP contribution in [-0.2, 0) is 0 Å². The molecule has 1 atom stereocenters. The van der Waals surface area contributed by atoms with E-state index in [1.165, 1.54) is 0 Å². The van der Waals surface area contributed by atoms with E-state index in [4.69, 9.17) is 5.11 Å². The van der Waals surface area contributed by atoms with Crippen molar-refractivity contribution in [2.24, 2.45) is 0 Å². The molecule has 1 nitrogen and oxygen atoms in total. The average molecular weight is 265 g/mol. The Morgan fingerprint density at radius 2 is 2.17 bits per heavy atom. The Morgan fingerprint density at radius 3 is 2.17 bits per heavy atom. The maximum absolute atomic E-state index is 8.73. The van der Waals surface area contributed by atoms with Gasteiger partial charge in [-0.3, -0.25) is 0 Å². The van der Waals surface area contributed by atoms with E-state index >= 15 is 0 Å². The molecule has 0 aromatic heterocycles. The fourth-order valence-corrected chi connectivity index (χ4v) is 0. The van der Waals surface area contributed by atoms with Gasteiger partial charge in [0.15, 0.2) is 2.52 Å². The predicted octanol–water partition coefficient (Wildman–Crippen LogP) is 1.87. The first-order valence-corrected chi connectivity index (χ1v) is 3.53. The molecule has 38 valence electrons. The highest BCUT2D eigenvalue weighted by Crippen LogP contribution is 2.25. The summed E-state index contributed by atoms with van der Waals surface area (Å²) in [7, 11) is 0. The molecule has 0 aromatic carbocycles. The first-order chi connectivity index (χ1) is 2.56. The summed E-state index contributed by atoms with van der Waals surface area (Å²) in [4.78, 5) is 0. The summed E-state index contributed by atoms with van der Waals surface area (Å²) in [5.74, 6) is 0. The minimum atomic E-state index is -0.676. The highest BCUT2D eigenvalue weighted by Gasteiger charge is 2.11. The SMILES string of the molecule is CCC(O)(Br)I. The Labute approximate surface area is 59.4 Å². The second-order valence-electron chi connectivity index (χ2n) is 1.02. The number of aliphatic hydroxyl groups is 1. The van der Waals surface area contributed by atoms with E-state index in [2.05, 4.69) is 15.9 Å². The summed E-state index contributed by atoms with van der Waals surface area (Å²) >= 11 is 4.93. The molecule has 6 heavy (non-hydrogen) atoms. The lowest BCUT2D eigenvalue weighted by Gasteiger charge is -2.06. The maximum atomic E-state index is 8.73. The fraction of sp³-hybridized carbons (Fsp3) is 1.00. The van der Waals surface area contributed by atoms with Crippen LogP contribution in [0, 0.1) is 0 Å². The van der Waals surface area contributed by atoms with Crippen LogP contribution >= 0.6 is 38.5 Å². The Kier molecular flexibility index (Phi) is 2.95. The minimum Gasteiger partial charge on any atom is -0.370 e. The van der Waals surface area contributed by atoms with Gasteiger partial charge in [-0.05, 0) is 44.9 Å². The van der Waals surface area contributed by atoms with E-state index in [0.717, 1.165) is 6.42 Å². The van der Waals surface area contributed by atoms with Crippen LogP contribution in [0.15, 0.2) is 0 Å². The van der Waals surface area contributed by atoms with Gasteiger partial charge in [0.25, 0.3) is 0 Å². The zero-order valence-corrected chi connectivity index (χ0v) is 7.15. The molecule has 0 rings (SSSR count). The summed E-state index contributed by atoms with van der Waals surface area (Å²) in [6.07, 6.45) is 0.730. The van der Waals surface area contributed by atoms with E-state index < -0.39 is 2.52 Å². The van der Waals surface area contributed by atoms with E-state index in [0.29, 0.717) is 0 Å². The van der Waals surface area contributed by atoms with Gasteiger partial charge in [-0.25, -0.2) is 0 Å². The molecule has 0 bridgehead atoms. The third kappa shape index (κ3) is 5.17. The van der Waals surface area contributed by atoms with Gasteiger partial charge >= 0.3 is 0 Å². The van der Waals surface area contributed by atoms with Crippen LogP contribution in [0.3, 0.4) is 0 Å². The molecular formula is C3H6BrIO. The van der Waals surface area contributed by atoms with E-state index in [9.17, 15) is 0 Å². The van der Waals surface area contributed by atoms with Crippen LogP contribution in [0.25, 0.3) is 0 Å². The lowest BCUT2D eigenvalue weighted by Crippen LogP contribution is -2.04. The van der Waals surface area contributed by atoms with Gasteiger partial charge in [0.05, 0.1) is 0 Å². The summed E-state index contributed by atoms with van der Waals surface area (Å²) in [5.41, 5.74) is 0. The molecule has 0 fully saturated rings. The van der Waals surface area contributed by atoms with Crippen LogP contribution in [0.2, 0.25) is 0 Å². The third-order valence-corrected chi connectivity index (χ3v) is 1.75. The largest absolute Gasteiger partial charge is 0.370 e. The van der Waals surface area contributed by atoms with Gasteiger partial charge in [-0.1, -0.05) is 6.92 Å². The van der Waals surface area contributed by atoms with Crippen molar-refractivity contribution in [2.45, 2.75) is 15.9 Å². The summed E-state index contributed by atoms with van der Waals surface area (Å²) in [6, 6.07) is 0. The fourth-order valence-electron chi connectivity index (χ4n) is 0. The van der Waals surface area contributed by atoms with Crippen LogP contribution in [-0.4, -0.2) is 7.62 Å². The highest BCUT2D eigenvalue weighted by atomic mass is 127. The minimum absolute atomic E-state index is 0.676. The zero-order valence-electron chi connectivity index (χ0n) is 3.41. The second-order valence-corrected chi connectivity index (χ2v) is 5.60. The molecule has 3 heteroatoms. The first kappa shape index (κ1) is 7.17. The standard InChI is InChI=1S/C3H6BrIO/c1-2-3(4,5)6/h6H,2H2,1H3. The zero-order chi connectivity index (χ0) is 5.21. The lowest BCUT2D eigenvalue weighted by molar-refractivity contribution is 0.250. The van der Waals surface area contributed by atoms with E-state index in [-0.39, 0.29) is 0 Å². The van der Waals surface area contributed by atoms with Crippen molar-refractivity contribution in [2.75, 3.05) is 0 Å². The monoisotopic (exact) mass is 264 g/mol. The molecule has 0 aliphatic heterocycles. The quantitative estimate of drug-likeness (QED) is 0.566. The third-order valence-electron chi connectivity index (χ3n) is 0.425. The highest BCUT2D eigenvalue weighted by molar-refractivity contribution is 14.1. The number of rotatable bonds is 1.